The van der Waals surface area contributed by atoms with Gasteiger partial charge in [-0.05, 0) is 60.1 Å². The first-order chi connectivity index (χ1) is 13.4. The second kappa shape index (κ2) is 7.46. The zero-order valence-corrected chi connectivity index (χ0v) is 16.5. The number of hydrogen-bond acceptors (Lipinski definition) is 5. The van der Waals surface area contributed by atoms with Crippen molar-refractivity contribution in [2.75, 3.05) is 6.54 Å². The normalized spacial score (nSPS) is 20.9. The predicted molar refractivity (Wildman–Crippen MR) is 101 cm³/mol. The van der Waals surface area contributed by atoms with Gasteiger partial charge in [-0.25, -0.2) is 9.67 Å². The van der Waals surface area contributed by atoms with Crippen LogP contribution in [0.15, 0.2) is 18.2 Å². The summed E-state index contributed by atoms with van der Waals surface area (Å²) in [5, 5.41) is 15.9. The SMILES string of the molecule is CC1(CNC(c2cccc(C(C)(F)F)n2)c2nnnn2C2CCC2)CCCC1. The lowest BCUT2D eigenvalue weighted by Crippen LogP contribution is -2.36. The molecule has 6 nitrogen and oxygen atoms in total. The van der Waals surface area contributed by atoms with Gasteiger partial charge in [-0.2, -0.15) is 8.78 Å². The monoisotopic (exact) mass is 390 g/mol. The number of aromatic nitrogens is 5. The summed E-state index contributed by atoms with van der Waals surface area (Å²) in [6.07, 6.45) is 8.06. The maximum absolute atomic E-state index is 13.9. The van der Waals surface area contributed by atoms with Crippen LogP contribution in [0.1, 0.15) is 88.1 Å². The lowest BCUT2D eigenvalue weighted by atomic mass is 9.88. The molecule has 0 aliphatic heterocycles. The van der Waals surface area contributed by atoms with Crippen LogP contribution < -0.4 is 5.32 Å². The number of hydrogen-bond donors (Lipinski definition) is 1. The molecule has 1 atom stereocenters. The summed E-state index contributed by atoms with van der Waals surface area (Å²) < 4.78 is 29.6. The fourth-order valence-electron chi connectivity index (χ4n) is 4.22. The molecule has 0 saturated heterocycles. The Morgan fingerprint density at radius 2 is 2.00 bits per heavy atom. The molecule has 0 amide bonds. The van der Waals surface area contributed by atoms with Crippen molar-refractivity contribution >= 4 is 0 Å². The molecule has 152 valence electrons. The number of alkyl halides is 2. The minimum absolute atomic E-state index is 0.208. The molecule has 2 aliphatic carbocycles. The van der Waals surface area contributed by atoms with Gasteiger partial charge in [0.2, 0.25) is 0 Å². The maximum Gasteiger partial charge on any atom is 0.286 e. The number of halogens is 2. The molecule has 0 bridgehead atoms. The van der Waals surface area contributed by atoms with Crippen LogP contribution in [0.2, 0.25) is 0 Å². The minimum atomic E-state index is -2.99. The summed E-state index contributed by atoms with van der Waals surface area (Å²) in [4.78, 5) is 4.29. The van der Waals surface area contributed by atoms with Gasteiger partial charge in [-0.15, -0.1) is 5.10 Å². The molecule has 2 aromatic heterocycles. The standard InChI is InChI=1S/C20H28F2N6/c1-19(11-3-4-12-19)13-23-17(15-9-6-10-16(24-15)20(2,21)22)18-25-26-27-28(18)14-7-5-8-14/h6,9-10,14,17,23H,3-5,7-8,11-13H2,1-2H3. The average Bonchev–Trinajstić information content (AvgIpc) is 3.24. The molecular weight excluding hydrogens is 362 g/mol. The Hall–Kier alpha value is -1.96. The van der Waals surface area contributed by atoms with Crippen LogP contribution in [-0.2, 0) is 5.92 Å². The second-order valence-corrected chi connectivity index (χ2v) is 8.73. The predicted octanol–water partition coefficient (Wildman–Crippen LogP) is 4.16. The lowest BCUT2D eigenvalue weighted by molar-refractivity contribution is 0.0125. The molecule has 1 unspecified atom stereocenters. The maximum atomic E-state index is 13.9. The summed E-state index contributed by atoms with van der Waals surface area (Å²) in [6.45, 7) is 3.94. The van der Waals surface area contributed by atoms with E-state index in [1.165, 1.54) is 31.7 Å². The number of nitrogens with one attached hydrogen (secondary N) is 1. The Balaban J connectivity index is 1.66. The van der Waals surface area contributed by atoms with Crippen LogP contribution >= 0.6 is 0 Å². The third kappa shape index (κ3) is 3.92. The number of pyridine rings is 1. The van der Waals surface area contributed by atoms with Gasteiger partial charge < -0.3 is 5.32 Å². The molecule has 0 radical (unpaired) electrons. The van der Waals surface area contributed by atoms with E-state index in [-0.39, 0.29) is 17.2 Å². The van der Waals surface area contributed by atoms with Gasteiger partial charge in [-0.1, -0.05) is 25.8 Å². The number of rotatable bonds is 7. The van der Waals surface area contributed by atoms with Gasteiger partial charge in [0.1, 0.15) is 11.7 Å². The molecule has 4 rings (SSSR count). The fourth-order valence-corrected chi connectivity index (χ4v) is 4.22. The van der Waals surface area contributed by atoms with Crippen molar-refractivity contribution in [2.45, 2.75) is 76.8 Å². The summed E-state index contributed by atoms with van der Waals surface area (Å²) in [5.41, 5.74) is 0.516. The van der Waals surface area contributed by atoms with Gasteiger partial charge in [0.25, 0.3) is 5.92 Å². The highest BCUT2D eigenvalue weighted by molar-refractivity contribution is 5.22. The van der Waals surface area contributed by atoms with Crippen molar-refractivity contribution in [2.24, 2.45) is 5.41 Å². The van der Waals surface area contributed by atoms with Gasteiger partial charge in [0.15, 0.2) is 5.82 Å². The van der Waals surface area contributed by atoms with Gasteiger partial charge in [0.05, 0.1) is 11.7 Å². The van der Waals surface area contributed by atoms with Gasteiger partial charge in [0, 0.05) is 13.5 Å². The minimum Gasteiger partial charge on any atom is -0.302 e. The van der Waals surface area contributed by atoms with E-state index < -0.39 is 12.0 Å². The summed E-state index contributed by atoms with van der Waals surface area (Å²) in [7, 11) is 0. The smallest absolute Gasteiger partial charge is 0.286 e. The molecule has 28 heavy (non-hydrogen) atoms. The molecule has 2 aliphatic rings. The van der Waals surface area contributed by atoms with Crippen molar-refractivity contribution in [3.8, 4) is 0 Å². The summed E-state index contributed by atoms with van der Waals surface area (Å²) in [5.74, 6) is -2.33. The highest BCUT2D eigenvalue weighted by Crippen LogP contribution is 2.38. The van der Waals surface area contributed by atoms with Crippen LogP contribution in [0.3, 0.4) is 0 Å². The molecule has 1 N–H and O–H groups in total. The molecule has 8 heteroatoms. The second-order valence-electron chi connectivity index (χ2n) is 8.73. The first-order valence-corrected chi connectivity index (χ1v) is 10.2. The van der Waals surface area contributed by atoms with E-state index >= 15 is 0 Å². The van der Waals surface area contributed by atoms with Crippen LogP contribution in [-0.4, -0.2) is 31.7 Å². The number of nitrogens with zero attached hydrogens (tertiary/aromatic N) is 5. The molecule has 2 heterocycles. The largest absolute Gasteiger partial charge is 0.302 e. The van der Waals surface area contributed by atoms with Gasteiger partial charge >= 0.3 is 0 Å². The van der Waals surface area contributed by atoms with Crippen molar-refractivity contribution in [3.05, 3.63) is 35.4 Å². The zero-order chi connectivity index (χ0) is 19.8. The highest BCUT2D eigenvalue weighted by atomic mass is 19.3. The van der Waals surface area contributed by atoms with E-state index in [4.69, 9.17) is 0 Å². The first-order valence-electron chi connectivity index (χ1n) is 10.2. The number of tetrazole rings is 1. The Morgan fingerprint density at radius 1 is 1.25 bits per heavy atom. The van der Waals surface area contributed by atoms with E-state index in [0.29, 0.717) is 11.5 Å². The molecule has 0 aromatic carbocycles. The quantitative estimate of drug-likeness (QED) is 0.769. The fraction of sp³-hybridized carbons (Fsp3) is 0.700. The average molecular weight is 390 g/mol. The Labute approximate surface area is 164 Å². The van der Waals surface area contributed by atoms with E-state index in [2.05, 4.69) is 32.7 Å². The molecule has 0 spiro atoms. The van der Waals surface area contributed by atoms with Crippen LogP contribution in [0.25, 0.3) is 0 Å². The molecule has 2 aromatic rings. The summed E-state index contributed by atoms with van der Waals surface area (Å²) >= 11 is 0. The zero-order valence-electron chi connectivity index (χ0n) is 16.5. The van der Waals surface area contributed by atoms with Crippen LogP contribution in [0.5, 0.6) is 0 Å². The lowest BCUT2D eigenvalue weighted by Gasteiger charge is -2.30. The molecule has 2 fully saturated rings. The van der Waals surface area contributed by atoms with Crippen LogP contribution in [0, 0.1) is 5.41 Å². The topological polar surface area (TPSA) is 68.5 Å². The van der Waals surface area contributed by atoms with Crippen molar-refractivity contribution in [1.82, 2.24) is 30.5 Å². The van der Waals surface area contributed by atoms with Crippen molar-refractivity contribution < 1.29 is 8.78 Å². The third-order valence-electron chi connectivity index (χ3n) is 6.26. The van der Waals surface area contributed by atoms with Crippen molar-refractivity contribution in [3.63, 3.8) is 0 Å². The van der Waals surface area contributed by atoms with E-state index in [1.54, 1.807) is 12.1 Å². The molecular formula is C20H28F2N6. The van der Waals surface area contributed by atoms with Crippen LogP contribution in [0.4, 0.5) is 8.78 Å². The first kappa shape index (κ1) is 19.4. The Morgan fingerprint density at radius 3 is 2.64 bits per heavy atom. The van der Waals surface area contributed by atoms with Crippen molar-refractivity contribution in [1.29, 1.82) is 0 Å². The Kier molecular flexibility index (Phi) is 5.16. The van der Waals surface area contributed by atoms with E-state index in [9.17, 15) is 8.78 Å². The summed E-state index contributed by atoms with van der Waals surface area (Å²) in [6, 6.07) is 4.66. The highest BCUT2D eigenvalue weighted by Gasteiger charge is 2.34. The van der Waals surface area contributed by atoms with Gasteiger partial charge in [-0.3, -0.25) is 0 Å². The molecule has 2 saturated carbocycles. The van der Waals surface area contributed by atoms with E-state index in [1.807, 2.05) is 4.68 Å². The van der Waals surface area contributed by atoms with E-state index in [0.717, 1.165) is 32.7 Å². The third-order valence-corrected chi connectivity index (χ3v) is 6.26. The Bertz CT molecular complexity index is 805.